The molecule has 0 aliphatic heterocycles. The number of rotatable bonds is 2. The molecule has 0 aliphatic carbocycles. The molecule has 0 saturated carbocycles. The number of esters is 1. The molecule has 0 atom stereocenters. The minimum absolute atomic E-state index is 0.170. The molecule has 78 valence electrons. The van der Waals surface area contributed by atoms with Crippen LogP contribution < -0.4 is 5.69 Å². The zero-order valence-corrected chi connectivity index (χ0v) is 8.08. The molecule has 2 aromatic rings. The molecule has 0 N–H and O–H groups in total. The van der Waals surface area contributed by atoms with E-state index in [2.05, 4.69) is 9.84 Å². The maximum Gasteiger partial charge on any atom is 0.350 e. The fraction of sp³-hybridized carbons (Fsp3) is 0.222. The Balaban J connectivity index is 2.49. The first-order valence-electron chi connectivity index (χ1n) is 4.33. The van der Waals surface area contributed by atoms with E-state index in [9.17, 15) is 9.59 Å². The maximum atomic E-state index is 11.6. The Hall–Kier alpha value is -2.11. The predicted molar refractivity (Wildman–Crippen MR) is 51.5 cm³/mol. The minimum atomic E-state index is -0.500. The summed E-state index contributed by atoms with van der Waals surface area (Å²) in [7, 11) is 1.27. The molecule has 2 heterocycles. The van der Waals surface area contributed by atoms with Crippen LogP contribution in [0.5, 0.6) is 0 Å². The van der Waals surface area contributed by atoms with Gasteiger partial charge in [0.15, 0.2) is 5.65 Å². The lowest BCUT2D eigenvalue weighted by Crippen LogP contribution is -2.25. The lowest BCUT2D eigenvalue weighted by molar-refractivity contribution is -0.141. The third kappa shape index (κ3) is 1.61. The Kier molecular flexibility index (Phi) is 2.24. The van der Waals surface area contributed by atoms with Crippen LogP contribution in [0.1, 0.15) is 0 Å². The minimum Gasteiger partial charge on any atom is -0.468 e. The molecule has 0 aliphatic rings. The number of aromatic nitrogens is 3. The molecule has 0 fully saturated rings. The first kappa shape index (κ1) is 9.45. The number of methoxy groups -OCH3 is 1. The van der Waals surface area contributed by atoms with Gasteiger partial charge in [0.1, 0.15) is 6.54 Å². The van der Waals surface area contributed by atoms with Crippen molar-refractivity contribution in [3.63, 3.8) is 0 Å². The van der Waals surface area contributed by atoms with Crippen molar-refractivity contribution in [1.82, 2.24) is 14.2 Å². The first-order chi connectivity index (χ1) is 7.22. The van der Waals surface area contributed by atoms with Crippen LogP contribution in [0.2, 0.25) is 0 Å². The van der Waals surface area contributed by atoms with Gasteiger partial charge in [0.05, 0.1) is 7.11 Å². The van der Waals surface area contributed by atoms with Crippen LogP contribution in [0.15, 0.2) is 29.2 Å². The van der Waals surface area contributed by atoms with Crippen molar-refractivity contribution in [1.29, 1.82) is 0 Å². The number of pyridine rings is 1. The fourth-order valence-electron chi connectivity index (χ4n) is 1.26. The van der Waals surface area contributed by atoms with Crippen LogP contribution in [0.25, 0.3) is 5.65 Å². The van der Waals surface area contributed by atoms with Crippen LogP contribution >= 0.6 is 0 Å². The fourth-order valence-corrected chi connectivity index (χ4v) is 1.26. The van der Waals surface area contributed by atoms with Gasteiger partial charge in [0.2, 0.25) is 0 Å². The van der Waals surface area contributed by atoms with Crippen molar-refractivity contribution < 1.29 is 9.53 Å². The lowest BCUT2D eigenvalue weighted by Gasteiger charge is -1.95. The average molecular weight is 207 g/mol. The monoisotopic (exact) mass is 207 g/mol. The van der Waals surface area contributed by atoms with Crippen LogP contribution in [0.3, 0.4) is 0 Å². The maximum absolute atomic E-state index is 11.6. The Labute approximate surface area is 84.7 Å². The Morgan fingerprint density at radius 3 is 3.00 bits per heavy atom. The van der Waals surface area contributed by atoms with Crippen LogP contribution in [-0.4, -0.2) is 27.3 Å². The largest absolute Gasteiger partial charge is 0.468 e. The van der Waals surface area contributed by atoms with Gasteiger partial charge in [0.25, 0.3) is 0 Å². The van der Waals surface area contributed by atoms with E-state index in [0.29, 0.717) is 5.65 Å². The summed E-state index contributed by atoms with van der Waals surface area (Å²) < 4.78 is 6.89. The third-order valence-corrected chi connectivity index (χ3v) is 1.99. The van der Waals surface area contributed by atoms with Gasteiger partial charge in [-0.3, -0.25) is 9.20 Å². The predicted octanol–water partition coefficient (Wildman–Crippen LogP) is -0.331. The van der Waals surface area contributed by atoms with Gasteiger partial charge in [-0.15, -0.1) is 5.10 Å². The number of fused-ring (bicyclic) bond motifs is 1. The quantitative estimate of drug-likeness (QED) is 0.632. The summed E-state index contributed by atoms with van der Waals surface area (Å²) in [6.45, 7) is -0.170. The summed E-state index contributed by atoms with van der Waals surface area (Å²) >= 11 is 0. The van der Waals surface area contributed by atoms with E-state index >= 15 is 0 Å². The molecule has 0 aromatic carbocycles. The summed E-state index contributed by atoms with van der Waals surface area (Å²) in [5.74, 6) is -0.500. The van der Waals surface area contributed by atoms with Crippen molar-refractivity contribution in [2.45, 2.75) is 6.54 Å². The van der Waals surface area contributed by atoms with Gasteiger partial charge < -0.3 is 4.74 Å². The number of hydrogen-bond acceptors (Lipinski definition) is 4. The molecule has 2 rings (SSSR count). The van der Waals surface area contributed by atoms with Gasteiger partial charge in [0, 0.05) is 6.20 Å². The van der Waals surface area contributed by atoms with Crippen molar-refractivity contribution in [2.24, 2.45) is 0 Å². The topological polar surface area (TPSA) is 65.6 Å². The standard InChI is InChI=1S/C9H9N3O3/c1-15-8(13)6-12-9(14)11-5-3-2-4-7(11)10-12/h2-5H,6H2,1H3. The second-order valence-corrected chi connectivity index (χ2v) is 2.95. The highest BCUT2D eigenvalue weighted by atomic mass is 16.5. The third-order valence-electron chi connectivity index (χ3n) is 1.99. The zero-order valence-electron chi connectivity index (χ0n) is 8.08. The number of carbonyl (C=O) groups is 1. The second kappa shape index (κ2) is 3.56. The van der Waals surface area contributed by atoms with Crippen LogP contribution in [0.4, 0.5) is 0 Å². The summed E-state index contributed by atoms with van der Waals surface area (Å²) in [6.07, 6.45) is 1.60. The smallest absolute Gasteiger partial charge is 0.350 e. The molecule has 6 heteroatoms. The number of nitrogens with zero attached hydrogens (tertiary/aromatic N) is 3. The van der Waals surface area contributed by atoms with E-state index in [1.54, 1.807) is 24.4 Å². The van der Waals surface area contributed by atoms with Gasteiger partial charge in [-0.05, 0) is 12.1 Å². The number of ether oxygens (including phenoxy) is 1. The SMILES string of the molecule is COC(=O)Cn1nc2ccccn2c1=O. The molecule has 0 spiro atoms. The molecular formula is C9H9N3O3. The highest BCUT2D eigenvalue weighted by Gasteiger charge is 2.09. The first-order valence-corrected chi connectivity index (χ1v) is 4.33. The van der Waals surface area contributed by atoms with Gasteiger partial charge in [-0.2, -0.15) is 0 Å². The van der Waals surface area contributed by atoms with Crippen molar-refractivity contribution >= 4 is 11.6 Å². The Morgan fingerprint density at radius 2 is 2.33 bits per heavy atom. The van der Waals surface area contributed by atoms with Gasteiger partial charge in [-0.25, -0.2) is 9.48 Å². The summed E-state index contributed by atoms with van der Waals surface area (Å²) in [5.41, 5.74) is 0.155. The average Bonchev–Trinajstić information content (AvgIpc) is 2.57. The summed E-state index contributed by atoms with van der Waals surface area (Å²) in [4.78, 5) is 22.6. The van der Waals surface area contributed by atoms with E-state index < -0.39 is 5.97 Å². The van der Waals surface area contributed by atoms with Crippen LogP contribution in [-0.2, 0) is 16.1 Å². The number of carbonyl (C=O) groups excluding carboxylic acids is 1. The number of hydrogen-bond donors (Lipinski definition) is 0. The van der Waals surface area contributed by atoms with Crippen molar-refractivity contribution in [3.05, 3.63) is 34.9 Å². The van der Waals surface area contributed by atoms with E-state index in [-0.39, 0.29) is 12.2 Å². The normalized spacial score (nSPS) is 10.5. The molecule has 0 saturated heterocycles. The molecule has 0 amide bonds. The molecule has 0 radical (unpaired) electrons. The van der Waals surface area contributed by atoms with E-state index in [4.69, 9.17) is 0 Å². The molecule has 2 aromatic heterocycles. The highest BCUT2D eigenvalue weighted by Crippen LogP contribution is 1.94. The Morgan fingerprint density at radius 1 is 1.53 bits per heavy atom. The molecule has 0 unspecified atom stereocenters. The van der Waals surface area contributed by atoms with E-state index in [0.717, 1.165) is 4.68 Å². The molecule has 6 nitrogen and oxygen atoms in total. The van der Waals surface area contributed by atoms with Crippen molar-refractivity contribution in [2.75, 3.05) is 7.11 Å². The molecule has 0 bridgehead atoms. The van der Waals surface area contributed by atoms with E-state index in [1.165, 1.54) is 11.5 Å². The summed E-state index contributed by atoms with van der Waals surface area (Å²) in [6, 6.07) is 5.18. The van der Waals surface area contributed by atoms with Gasteiger partial charge in [-0.1, -0.05) is 6.07 Å². The van der Waals surface area contributed by atoms with Gasteiger partial charge >= 0.3 is 11.7 Å². The molecule has 15 heavy (non-hydrogen) atoms. The van der Waals surface area contributed by atoms with Crippen molar-refractivity contribution in [3.8, 4) is 0 Å². The molecular weight excluding hydrogens is 198 g/mol. The van der Waals surface area contributed by atoms with E-state index in [1.807, 2.05) is 0 Å². The lowest BCUT2D eigenvalue weighted by atomic mass is 10.5. The van der Waals surface area contributed by atoms with Crippen LogP contribution in [0, 0.1) is 0 Å². The summed E-state index contributed by atoms with van der Waals surface area (Å²) in [5, 5.41) is 3.97. The Bertz CT molecular complexity index is 555. The second-order valence-electron chi connectivity index (χ2n) is 2.95. The highest BCUT2D eigenvalue weighted by molar-refractivity contribution is 5.68. The zero-order chi connectivity index (χ0) is 10.8.